The fraction of sp³-hybridized carbons (Fsp3) is 0.0385. The van der Waals surface area contributed by atoms with E-state index in [4.69, 9.17) is 0 Å². The van der Waals surface area contributed by atoms with E-state index in [1.165, 1.54) is 0 Å². The molecule has 3 aromatic carbocycles. The van der Waals surface area contributed by atoms with Gasteiger partial charge in [-0.1, -0.05) is 97.1 Å². The molecule has 5 nitrogen and oxygen atoms in total. The van der Waals surface area contributed by atoms with Gasteiger partial charge in [0.05, 0.1) is 5.69 Å². The maximum Gasteiger partial charge on any atom is 0.281 e. The molecule has 31 heavy (non-hydrogen) atoms. The Kier molecular flexibility index (Phi) is 5.96. The van der Waals surface area contributed by atoms with Crippen molar-refractivity contribution in [1.82, 2.24) is 10.4 Å². The number of hydrazone groups is 1. The second-order valence-corrected chi connectivity index (χ2v) is 6.92. The van der Waals surface area contributed by atoms with E-state index in [9.17, 15) is 9.90 Å². The van der Waals surface area contributed by atoms with E-state index in [2.05, 4.69) is 15.5 Å². The summed E-state index contributed by atoms with van der Waals surface area (Å²) in [5.41, 5.74) is 3.48. The normalized spacial score (nSPS) is 11.7. The molecule has 5 heteroatoms. The first kappa shape index (κ1) is 20.2. The van der Waals surface area contributed by atoms with Crippen LogP contribution in [-0.4, -0.2) is 21.7 Å². The van der Waals surface area contributed by atoms with Crippen LogP contribution in [0.3, 0.4) is 0 Å². The van der Waals surface area contributed by atoms with Crippen molar-refractivity contribution in [2.24, 2.45) is 5.10 Å². The summed E-state index contributed by atoms with van der Waals surface area (Å²) in [4.78, 5) is 17.7. The first-order valence-electron chi connectivity index (χ1n) is 9.88. The van der Waals surface area contributed by atoms with Crippen LogP contribution >= 0.6 is 0 Å². The Hall–Kier alpha value is -4.09. The predicted octanol–water partition coefficient (Wildman–Crippen LogP) is 3.89. The van der Waals surface area contributed by atoms with Crippen LogP contribution in [0.5, 0.6) is 0 Å². The van der Waals surface area contributed by atoms with Gasteiger partial charge in [0.1, 0.15) is 5.71 Å². The minimum absolute atomic E-state index is 0.452. The average Bonchev–Trinajstić information content (AvgIpc) is 2.86. The molecule has 1 amide bonds. The number of carbonyl (C=O) groups is 1. The zero-order chi connectivity index (χ0) is 21.5. The van der Waals surface area contributed by atoms with Crippen molar-refractivity contribution < 1.29 is 9.90 Å². The summed E-state index contributed by atoms with van der Waals surface area (Å²) < 4.78 is 0. The first-order chi connectivity index (χ1) is 15.2. The van der Waals surface area contributed by atoms with Crippen LogP contribution in [0.15, 0.2) is 120 Å². The highest BCUT2D eigenvalue weighted by atomic mass is 16.3. The molecular formula is C26H21N3O2. The lowest BCUT2D eigenvalue weighted by atomic mass is 9.85. The smallest absolute Gasteiger partial charge is 0.281 e. The predicted molar refractivity (Wildman–Crippen MR) is 120 cm³/mol. The van der Waals surface area contributed by atoms with Gasteiger partial charge in [-0.25, -0.2) is 5.43 Å². The average molecular weight is 407 g/mol. The summed E-state index contributed by atoms with van der Waals surface area (Å²) in [7, 11) is 0. The van der Waals surface area contributed by atoms with Gasteiger partial charge in [0.25, 0.3) is 5.91 Å². The molecule has 4 aromatic rings. The fourth-order valence-corrected chi connectivity index (χ4v) is 3.34. The summed E-state index contributed by atoms with van der Waals surface area (Å²) in [6, 6.07) is 32.6. The Bertz CT molecular complexity index is 1080. The van der Waals surface area contributed by atoms with Gasteiger partial charge < -0.3 is 5.11 Å². The maximum absolute atomic E-state index is 13.3. The third kappa shape index (κ3) is 4.27. The van der Waals surface area contributed by atoms with Gasteiger partial charge >= 0.3 is 0 Å². The number of nitrogens with zero attached hydrogens (tertiary/aromatic N) is 2. The third-order valence-corrected chi connectivity index (χ3v) is 4.94. The van der Waals surface area contributed by atoms with Gasteiger partial charge in [-0.15, -0.1) is 0 Å². The number of rotatable bonds is 6. The number of nitrogens with one attached hydrogen (secondary N) is 1. The quantitative estimate of drug-likeness (QED) is 0.376. The second kappa shape index (κ2) is 9.15. The topological polar surface area (TPSA) is 74.6 Å². The molecule has 0 aliphatic heterocycles. The molecule has 0 fully saturated rings. The number of carbonyl (C=O) groups excluding carboxylic acids is 1. The van der Waals surface area contributed by atoms with Crippen LogP contribution in [0.4, 0.5) is 0 Å². The van der Waals surface area contributed by atoms with E-state index < -0.39 is 11.5 Å². The van der Waals surface area contributed by atoms with Crippen molar-refractivity contribution in [2.45, 2.75) is 5.60 Å². The van der Waals surface area contributed by atoms with Gasteiger partial charge in [0.2, 0.25) is 0 Å². The number of hydrogen-bond acceptors (Lipinski definition) is 4. The largest absolute Gasteiger partial charge is 0.372 e. The molecule has 0 saturated carbocycles. The molecule has 0 spiro atoms. The van der Waals surface area contributed by atoms with Crippen LogP contribution < -0.4 is 5.43 Å². The molecule has 4 rings (SSSR count). The van der Waals surface area contributed by atoms with Crippen molar-refractivity contribution in [3.63, 3.8) is 0 Å². The Morgan fingerprint density at radius 1 is 0.742 bits per heavy atom. The molecule has 0 aliphatic carbocycles. The van der Waals surface area contributed by atoms with Crippen LogP contribution in [0.25, 0.3) is 0 Å². The molecule has 0 unspecified atom stereocenters. The van der Waals surface area contributed by atoms with Crippen LogP contribution in [0.2, 0.25) is 0 Å². The molecule has 0 aliphatic rings. The Balaban J connectivity index is 1.75. The van der Waals surface area contributed by atoms with Crippen molar-refractivity contribution in [3.8, 4) is 0 Å². The minimum atomic E-state index is -1.90. The summed E-state index contributed by atoms with van der Waals surface area (Å²) in [5, 5.41) is 16.0. The molecule has 1 aromatic heterocycles. The summed E-state index contributed by atoms with van der Waals surface area (Å²) in [6.45, 7) is 0. The fourth-order valence-electron chi connectivity index (χ4n) is 3.34. The number of benzene rings is 3. The molecule has 0 radical (unpaired) electrons. The van der Waals surface area contributed by atoms with E-state index in [1.807, 2.05) is 60.7 Å². The minimum Gasteiger partial charge on any atom is -0.372 e. The molecule has 0 atom stereocenters. The van der Waals surface area contributed by atoms with Gasteiger partial charge in [-0.05, 0) is 23.3 Å². The van der Waals surface area contributed by atoms with Gasteiger partial charge in [0.15, 0.2) is 5.60 Å². The maximum atomic E-state index is 13.3. The van der Waals surface area contributed by atoms with E-state index >= 15 is 0 Å². The third-order valence-electron chi connectivity index (χ3n) is 4.94. The zero-order valence-corrected chi connectivity index (χ0v) is 16.7. The summed E-state index contributed by atoms with van der Waals surface area (Å²) >= 11 is 0. The lowest BCUT2D eigenvalue weighted by molar-refractivity contribution is -0.136. The Morgan fingerprint density at radius 3 is 1.77 bits per heavy atom. The lowest BCUT2D eigenvalue weighted by Gasteiger charge is -2.27. The molecule has 0 bridgehead atoms. The number of amides is 1. The monoisotopic (exact) mass is 407 g/mol. The summed E-state index contributed by atoms with van der Waals surface area (Å²) in [5.74, 6) is -0.658. The van der Waals surface area contributed by atoms with E-state index in [0.717, 1.165) is 5.56 Å². The van der Waals surface area contributed by atoms with Gasteiger partial charge in [0, 0.05) is 11.8 Å². The highest BCUT2D eigenvalue weighted by molar-refractivity contribution is 6.12. The summed E-state index contributed by atoms with van der Waals surface area (Å²) in [6.07, 6.45) is 1.67. The van der Waals surface area contributed by atoms with Crippen molar-refractivity contribution in [3.05, 3.63) is 138 Å². The van der Waals surface area contributed by atoms with Gasteiger partial charge in [-0.2, -0.15) is 5.10 Å². The van der Waals surface area contributed by atoms with Crippen molar-refractivity contribution in [1.29, 1.82) is 0 Å². The highest BCUT2D eigenvalue weighted by Gasteiger charge is 2.40. The Labute approximate surface area is 180 Å². The van der Waals surface area contributed by atoms with E-state index in [0.29, 0.717) is 22.5 Å². The molecule has 152 valence electrons. The number of pyridine rings is 1. The molecule has 0 saturated heterocycles. The first-order valence-corrected chi connectivity index (χ1v) is 9.88. The standard InChI is InChI=1S/C26H21N3O2/c30-25(26(31,21-14-6-2-7-15-21)22-16-8-3-9-17-22)29-28-24(20-12-4-1-5-13-20)23-18-10-11-19-27-23/h1-19,31H,(H,29,30)/b28-24-. The van der Waals surface area contributed by atoms with Crippen molar-refractivity contribution >= 4 is 11.6 Å². The molecular weight excluding hydrogens is 386 g/mol. The SMILES string of the molecule is O=C(N/N=C(/c1ccccc1)c1ccccn1)C(O)(c1ccccc1)c1ccccc1. The van der Waals surface area contributed by atoms with Crippen LogP contribution in [-0.2, 0) is 10.4 Å². The van der Waals surface area contributed by atoms with Crippen molar-refractivity contribution in [2.75, 3.05) is 0 Å². The van der Waals surface area contributed by atoms with E-state index in [1.54, 1.807) is 54.7 Å². The Morgan fingerprint density at radius 2 is 1.26 bits per heavy atom. The highest BCUT2D eigenvalue weighted by Crippen LogP contribution is 2.30. The van der Waals surface area contributed by atoms with Gasteiger partial charge in [-0.3, -0.25) is 9.78 Å². The van der Waals surface area contributed by atoms with Crippen LogP contribution in [0, 0.1) is 0 Å². The van der Waals surface area contributed by atoms with E-state index in [-0.39, 0.29) is 0 Å². The lowest BCUT2D eigenvalue weighted by Crippen LogP contribution is -2.44. The second-order valence-electron chi connectivity index (χ2n) is 6.92. The molecule has 1 heterocycles. The zero-order valence-electron chi connectivity index (χ0n) is 16.7. The number of hydrogen-bond donors (Lipinski definition) is 2. The van der Waals surface area contributed by atoms with Crippen LogP contribution in [0.1, 0.15) is 22.4 Å². The molecule has 2 N–H and O–H groups in total. The number of aliphatic hydroxyl groups is 1. The number of aromatic nitrogens is 1.